The Morgan fingerprint density at radius 1 is 0.978 bits per heavy atom. The number of carbonyl (C=O) groups excluding carboxylic acids is 2. The van der Waals surface area contributed by atoms with Crippen molar-refractivity contribution in [3.63, 3.8) is 0 Å². The summed E-state index contributed by atoms with van der Waals surface area (Å²) in [5, 5.41) is 4.04. The lowest BCUT2D eigenvalue weighted by Gasteiger charge is -2.33. The first-order chi connectivity index (χ1) is 21.6. The summed E-state index contributed by atoms with van der Waals surface area (Å²) in [6.45, 7) is 0.206. The minimum Gasteiger partial charge on any atom is -0.454 e. The highest BCUT2D eigenvalue weighted by atomic mass is 35.5. The summed E-state index contributed by atoms with van der Waals surface area (Å²) in [7, 11) is -3.68. The van der Waals surface area contributed by atoms with Crippen molar-refractivity contribution in [2.45, 2.75) is 63.6 Å². The molecule has 3 aromatic rings. The van der Waals surface area contributed by atoms with E-state index in [0.717, 1.165) is 37.5 Å². The Labute approximate surface area is 274 Å². The lowest BCUT2D eigenvalue weighted by atomic mass is 10.0. The van der Waals surface area contributed by atoms with E-state index < -0.39 is 16.1 Å². The molecule has 1 aliphatic heterocycles. The molecule has 1 saturated carbocycles. The maximum atomic E-state index is 14.1. The number of benzene rings is 3. The maximum absolute atomic E-state index is 14.1. The molecule has 2 amide bonds. The molecular formula is C33H37Cl2N3O6S. The zero-order chi connectivity index (χ0) is 32.0. The molecule has 240 valence electrons. The summed E-state index contributed by atoms with van der Waals surface area (Å²) in [5.41, 5.74) is 1.98. The van der Waals surface area contributed by atoms with Crippen LogP contribution in [-0.2, 0) is 32.6 Å². The normalized spacial score (nSPS) is 15.1. The van der Waals surface area contributed by atoms with Crippen LogP contribution >= 0.6 is 23.2 Å². The molecule has 3 aromatic carbocycles. The number of carbonyl (C=O) groups is 2. The van der Waals surface area contributed by atoms with Crippen LogP contribution in [0.1, 0.15) is 49.7 Å². The molecule has 1 fully saturated rings. The van der Waals surface area contributed by atoms with Crippen molar-refractivity contribution in [2.24, 2.45) is 0 Å². The Morgan fingerprint density at radius 3 is 2.42 bits per heavy atom. The van der Waals surface area contributed by atoms with Crippen LogP contribution < -0.4 is 19.1 Å². The van der Waals surface area contributed by atoms with Gasteiger partial charge in [-0.2, -0.15) is 0 Å². The first-order valence-corrected chi connectivity index (χ1v) is 17.6. The second-order valence-corrected chi connectivity index (χ2v) is 14.2. The van der Waals surface area contributed by atoms with Gasteiger partial charge >= 0.3 is 0 Å². The molecule has 0 saturated heterocycles. The van der Waals surface area contributed by atoms with E-state index in [0.29, 0.717) is 39.2 Å². The Morgan fingerprint density at radius 2 is 1.71 bits per heavy atom. The van der Waals surface area contributed by atoms with Gasteiger partial charge in [0.25, 0.3) is 0 Å². The van der Waals surface area contributed by atoms with Crippen LogP contribution in [0.2, 0.25) is 10.0 Å². The van der Waals surface area contributed by atoms with E-state index in [9.17, 15) is 18.0 Å². The highest BCUT2D eigenvalue weighted by Crippen LogP contribution is 2.36. The minimum absolute atomic E-state index is 0.00375. The largest absolute Gasteiger partial charge is 0.454 e. The van der Waals surface area contributed by atoms with E-state index in [4.69, 9.17) is 32.7 Å². The fourth-order valence-corrected chi connectivity index (χ4v) is 7.22. The Balaban J connectivity index is 1.39. The summed E-state index contributed by atoms with van der Waals surface area (Å²) in [5.74, 6) is 0.490. The van der Waals surface area contributed by atoms with Crippen LogP contribution in [0.5, 0.6) is 11.5 Å². The van der Waals surface area contributed by atoms with Crippen LogP contribution in [0, 0.1) is 0 Å². The molecule has 1 heterocycles. The van der Waals surface area contributed by atoms with E-state index in [1.807, 2.05) is 30.3 Å². The van der Waals surface area contributed by atoms with Crippen LogP contribution in [0.3, 0.4) is 0 Å². The monoisotopic (exact) mass is 673 g/mol. The summed E-state index contributed by atoms with van der Waals surface area (Å²) in [6.07, 6.45) is 5.57. The highest BCUT2D eigenvalue weighted by Gasteiger charge is 2.33. The predicted octanol–water partition coefficient (Wildman–Crippen LogP) is 5.97. The topological polar surface area (TPSA) is 105 Å². The summed E-state index contributed by atoms with van der Waals surface area (Å²) in [6, 6.07) is 18.8. The van der Waals surface area contributed by atoms with E-state index in [-0.39, 0.29) is 50.6 Å². The lowest BCUT2D eigenvalue weighted by molar-refractivity contribution is -0.141. The van der Waals surface area contributed by atoms with Crippen LogP contribution in [-0.4, -0.2) is 56.8 Å². The van der Waals surface area contributed by atoms with Gasteiger partial charge in [0.15, 0.2) is 11.5 Å². The van der Waals surface area contributed by atoms with Gasteiger partial charge in [0.2, 0.25) is 28.6 Å². The molecular weight excluding hydrogens is 637 g/mol. The first kappa shape index (κ1) is 32.9. The van der Waals surface area contributed by atoms with Gasteiger partial charge in [-0.3, -0.25) is 13.9 Å². The molecule has 1 aliphatic carbocycles. The molecule has 0 radical (unpaired) electrons. The summed E-state index contributed by atoms with van der Waals surface area (Å²) in [4.78, 5) is 29.6. The average Bonchev–Trinajstić information content (AvgIpc) is 3.69. The maximum Gasteiger partial charge on any atom is 0.243 e. The number of anilines is 1. The molecule has 1 atom stereocenters. The molecule has 12 heteroatoms. The third-order valence-electron chi connectivity index (χ3n) is 8.12. The number of hydrogen-bond donors (Lipinski definition) is 1. The number of hydrogen-bond acceptors (Lipinski definition) is 6. The number of nitrogens with zero attached hydrogens (tertiary/aromatic N) is 2. The van der Waals surface area contributed by atoms with Gasteiger partial charge in [-0.05, 0) is 54.7 Å². The Hall–Kier alpha value is -3.47. The summed E-state index contributed by atoms with van der Waals surface area (Å²) < 4.78 is 37.6. The van der Waals surface area contributed by atoms with Gasteiger partial charge in [-0.15, -0.1) is 0 Å². The van der Waals surface area contributed by atoms with Crippen molar-refractivity contribution in [1.29, 1.82) is 0 Å². The van der Waals surface area contributed by atoms with Crippen molar-refractivity contribution in [3.8, 4) is 11.5 Å². The first-order valence-electron chi connectivity index (χ1n) is 15.0. The number of amides is 2. The van der Waals surface area contributed by atoms with Crippen molar-refractivity contribution < 1.29 is 27.5 Å². The fraction of sp³-hybridized carbons (Fsp3) is 0.394. The predicted molar refractivity (Wildman–Crippen MR) is 175 cm³/mol. The van der Waals surface area contributed by atoms with Gasteiger partial charge in [0.05, 0.1) is 11.9 Å². The highest BCUT2D eigenvalue weighted by molar-refractivity contribution is 7.92. The quantitative estimate of drug-likeness (QED) is 0.240. The van der Waals surface area contributed by atoms with Crippen molar-refractivity contribution in [2.75, 3.05) is 23.9 Å². The molecule has 5 rings (SSSR count). The number of rotatable bonds is 13. The average molecular weight is 675 g/mol. The van der Waals surface area contributed by atoms with Crippen LogP contribution in [0.15, 0.2) is 66.7 Å². The van der Waals surface area contributed by atoms with Crippen LogP contribution in [0.4, 0.5) is 5.69 Å². The number of halogens is 2. The van der Waals surface area contributed by atoms with Crippen molar-refractivity contribution in [1.82, 2.24) is 10.2 Å². The zero-order valence-corrected chi connectivity index (χ0v) is 27.4. The van der Waals surface area contributed by atoms with Gasteiger partial charge in [0, 0.05) is 48.1 Å². The zero-order valence-electron chi connectivity index (χ0n) is 25.1. The van der Waals surface area contributed by atoms with E-state index >= 15 is 0 Å². The number of sulfonamides is 1. The van der Waals surface area contributed by atoms with Crippen LogP contribution in [0.25, 0.3) is 0 Å². The SMILES string of the molecule is CS(=O)(=O)N(CCCC(=O)N(Cc1ccc(Cl)cc1Cl)C(Cc1ccccc1)C(=O)NC1CCCC1)c1ccc2c(c1)OCO2. The Kier molecular flexibility index (Phi) is 10.8. The number of fused-ring (bicyclic) bond motifs is 1. The van der Waals surface area contributed by atoms with Crippen molar-refractivity contribution >= 4 is 50.7 Å². The number of ether oxygens (including phenoxy) is 2. The molecule has 1 unspecified atom stereocenters. The van der Waals surface area contributed by atoms with E-state index in [1.165, 1.54) is 4.31 Å². The standard InChI is InChI=1S/C33H37Cl2N3O6S/c1-45(41,42)38(27-15-16-30-31(20-27)44-22-43-30)17-7-12-32(39)37(21-24-13-14-25(34)19-28(24)35)29(18-23-8-3-2-4-9-23)33(40)36-26-10-5-6-11-26/h2-4,8-9,13-16,19-20,26,29H,5-7,10-12,17-18,21-22H2,1H3,(H,36,40). The molecule has 0 bridgehead atoms. The minimum atomic E-state index is -3.68. The smallest absolute Gasteiger partial charge is 0.243 e. The fourth-order valence-electron chi connectivity index (χ4n) is 5.80. The summed E-state index contributed by atoms with van der Waals surface area (Å²) >= 11 is 12.7. The van der Waals surface area contributed by atoms with Gasteiger partial charge < -0.3 is 19.7 Å². The molecule has 9 nitrogen and oxygen atoms in total. The van der Waals surface area contributed by atoms with E-state index in [2.05, 4.69) is 5.32 Å². The van der Waals surface area contributed by atoms with Gasteiger partial charge in [-0.25, -0.2) is 8.42 Å². The molecule has 0 aromatic heterocycles. The number of nitrogens with one attached hydrogen (secondary N) is 1. The van der Waals surface area contributed by atoms with E-state index in [1.54, 1.807) is 41.3 Å². The molecule has 45 heavy (non-hydrogen) atoms. The second kappa shape index (κ2) is 14.7. The second-order valence-electron chi connectivity index (χ2n) is 11.4. The molecule has 0 spiro atoms. The van der Waals surface area contributed by atoms with Gasteiger partial charge in [-0.1, -0.05) is 72.4 Å². The molecule has 2 aliphatic rings. The van der Waals surface area contributed by atoms with Crippen molar-refractivity contribution in [3.05, 3.63) is 87.9 Å². The Bertz CT molecular complexity index is 1620. The third kappa shape index (κ3) is 8.62. The molecule has 1 N–H and O–H groups in total. The third-order valence-corrected chi connectivity index (χ3v) is 9.91. The van der Waals surface area contributed by atoms with Gasteiger partial charge in [0.1, 0.15) is 6.04 Å². The lowest BCUT2D eigenvalue weighted by Crippen LogP contribution is -2.52.